The van der Waals surface area contributed by atoms with Crippen molar-refractivity contribution in [1.29, 1.82) is 0 Å². The minimum Gasteiger partial charge on any atom is -0.494 e. The number of fused-ring (bicyclic) bond motifs is 2. The maximum absolute atomic E-state index is 13.3. The Morgan fingerprint density at radius 2 is 1.91 bits per heavy atom. The van der Waals surface area contributed by atoms with E-state index in [4.69, 9.17) is 9.47 Å². The molecule has 0 fully saturated rings. The number of nitrogens with zero attached hydrogens (tertiary/aromatic N) is 3. The van der Waals surface area contributed by atoms with Crippen molar-refractivity contribution < 1.29 is 22.7 Å². The second kappa shape index (κ2) is 8.31. The van der Waals surface area contributed by atoms with Crippen LogP contribution in [-0.2, 0) is 15.4 Å². The van der Waals surface area contributed by atoms with E-state index in [0.29, 0.717) is 11.2 Å². The zero-order valence-electron chi connectivity index (χ0n) is 19.3. The first-order valence-electron chi connectivity index (χ1n) is 10.8. The van der Waals surface area contributed by atoms with E-state index in [1.54, 1.807) is 18.3 Å². The van der Waals surface area contributed by atoms with E-state index >= 15 is 0 Å². The number of ether oxygens (including phenoxy) is 2. The zero-order chi connectivity index (χ0) is 24.8. The first-order chi connectivity index (χ1) is 16.7. The second-order valence-corrected chi connectivity index (χ2v) is 10.3. The number of aromatic nitrogens is 3. The predicted molar refractivity (Wildman–Crippen MR) is 129 cm³/mol. The van der Waals surface area contributed by atoms with Gasteiger partial charge in [-0.2, -0.15) is 0 Å². The van der Waals surface area contributed by atoms with Crippen LogP contribution >= 0.6 is 0 Å². The van der Waals surface area contributed by atoms with Crippen LogP contribution in [0.15, 0.2) is 65.8 Å². The Morgan fingerprint density at radius 3 is 2.66 bits per heavy atom. The smallest absolute Gasteiger partial charge is 0.283 e. The molecule has 1 aromatic carbocycles. The van der Waals surface area contributed by atoms with Crippen molar-refractivity contribution in [3.05, 3.63) is 72.3 Å². The summed E-state index contributed by atoms with van der Waals surface area (Å²) in [4.78, 5) is 25.8. The lowest BCUT2D eigenvalue weighted by molar-refractivity contribution is 0.0977. The normalized spacial score (nSPS) is 14.3. The van der Waals surface area contributed by atoms with Crippen molar-refractivity contribution in [3.8, 4) is 22.8 Å². The van der Waals surface area contributed by atoms with Crippen LogP contribution in [0, 0.1) is 0 Å². The standard InChI is InChI=1S/C25H22N4O5S/c1-25(2)14-34-21-22(20(33-3)13-27-23(21)25)35(31,32)29-24(30)19-11-10-16-15(7-6-9-18(16)28-19)17-8-4-5-12-26-17/h4-13H,14H2,1-3H3,(H,29,30). The SMILES string of the molecule is COc1cnc2c(c1S(=O)(=O)NC(=O)c1ccc3c(-c4ccccn4)cccc3n1)OCC2(C)C. The molecule has 1 amide bonds. The number of carbonyl (C=O) groups excluding carboxylic acids is 1. The number of benzene rings is 1. The number of sulfonamides is 1. The van der Waals surface area contributed by atoms with E-state index < -0.39 is 21.3 Å². The summed E-state index contributed by atoms with van der Waals surface area (Å²) in [6.45, 7) is 4.04. The fourth-order valence-corrected chi connectivity index (χ4v) is 5.30. The maximum atomic E-state index is 13.3. The van der Waals surface area contributed by atoms with Crippen LogP contribution in [0.4, 0.5) is 0 Å². The van der Waals surface area contributed by atoms with E-state index in [2.05, 4.69) is 19.7 Å². The summed E-state index contributed by atoms with van der Waals surface area (Å²) in [6.07, 6.45) is 3.02. The van der Waals surface area contributed by atoms with Gasteiger partial charge in [-0.3, -0.25) is 14.8 Å². The summed E-state index contributed by atoms with van der Waals surface area (Å²) in [6, 6.07) is 14.3. The number of nitrogens with one attached hydrogen (secondary N) is 1. The Kier molecular flexibility index (Phi) is 5.40. The highest BCUT2D eigenvalue weighted by atomic mass is 32.2. The molecule has 0 saturated carbocycles. The summed E-state index contributed by atoms with van der Waals surface area (Å²) < 4.78 is 39.6. The number of rotatable bonds is 5. The lowest BCUT2D eigenvalue weighted by Crippen LogP contribution is -2.32. The highest BCUT2D eigenvalue weighted by Crippen LogP contribution is 2.44. The van der Waals surface area contributed by atoms with E-state index in [1.165, 1.54) is 19.4 Å². The van der Waals surface area contributed by atoms with Crippen LogP contribution < -0.4 is 14.2 Å². The maximum Gasteiger partial charge on any atom is 0.283 e. The lowest BCUT2D eigenvalue weighted by Gasteiger charge is -2.16. The third-order valence-corrected chi connectivity index (χ3v) is 7.17. The van der Waals surface area contributed by atoms with Crippen molar-refractivity contribution in [2.75, 3.05) is 13.7 Å². The Balaban J connectivity index is 1.51. The monoisotopic (exact) mass is 490 g/mol. The molecule has 178 valence electrons. The number of hydrogen-bond donors (Lipinski definition) is 1. The van der Waals surface area contributed by atoms with Gasteiger partial charge in [0, 0.05) is 22.6 Å². The molecule has 3 aromatic heterocycles. The van der Waals surface area contributed by atoms with Gasteiger partial charge in [0.2, 0.25) is 0 Å². The van der Waals surface area contributed by atoms with Gasteiger partial charge in [-0.1, -0.05) is 32.0 Å². The first-order valence-corrected chi connectivity index (χ1v) is 12.3. The van der Waals surface area contributed by atoms with Gasteiger partial charge >= 0.3 is 0 Å². The average Bonchev–Trinajstić information content (AvgIpc) is 3.17. The highest BCUT2D eigenvalue weighted by molar-refractivity contribution is 7.90. The minimum atomic E-state index is -4.37. The Bertz CT molecular complexity index is 1570. The van der Waals surface area contributed by atoms with Crippen LogP contribution in [0.2, 0.25) is 0 Å². The quantitative estimate of drug-likeness (QED) is 0.451. The molecule has 35 heavy (non-hydrogen) atoms. The highest BCUT2D eigenvalue weighted by Gasteiger charge is 2.40. The summed E-state index contributed by atoms with van der Waals surface area (Å²) in [5, 5.41) is 0.787. The average molecular weight is 491 g/mol. The summed E-state index contributed by atoms with van der Waals surface area (Å²) in [7, 11) is -3.04. The van der Waals surface area contributed by atoms with Crippen LogP contribution in [0.3, 0.4) is 0 Å². The molecule has 10 heteroatoms. The molecule has 1 N–H and O–H groups in total. The molecule has 5 rings (SSSR count). The second-order valence-electron chi connectivity index (χ2n) is 8.72. The molecule has 9 nitrogen and oxygen atoms in total. The van der Waals surface area contributed by atoms with Gasteiger partial charge in [0.25, 0.3) is 15.9 Å². The van der Waals surface area contributed by atoms with Crippen molar-refractivity contribution in [2.24, 2.45) is 0 Å². The Morgan fingerprint density at radius 1 is 1.09 bits per heavy atom. The first kappa shape index (κ1) is 22.7. The molecule has 1 aliphatic heterocycles. The molecular weight excluding hydrogens is 468 g/mol. The number of amides is 1. The molecule has 0 bridgehead atoms. The minimum absolute atomic E-state index is 0.0202. The summed E-state index contributed by atoms with van der Waals surface area (Å²) in [5.74, 6) is -0.811. The molecule has 0 aliphatic carbocycles. The van der Waals surface area contributed by atoms with Gasteiger partial charge in [0.15, 0.2) is 16.4 Å². The topological polar surface area (TPSA) is 120 Å². The van der Waals surface area contributed by atoms with Crippen molar-refractivity contribution in [3.63, 3.8) is 0 Å². The fraction of sp³-hybridized carbons (Fsp3) is 0.200. The van der Waals surface area contributed by atoms with Gasteiger partial charge in [0.05, 0.1) is 36.8 Å². The molecule has 0 radical (unpaired) electrons. The molecular formula is C25H22N4O5S. The Hall–Kier alpha value is -4.05. The summed E-state index contributed by atoms with van der Waals surface area (Å²) >= 11 is 0. The van der Waals surface area contributed by atoms with Gasteiger partial charge in [-0.15, -0.1) is 0 Å². The molecule has 0 spiro atoms. The van der Waals surface area contributed by atoms with Gasteiger partial charge in [0.1, 0.15) is 5.69 Å². The largest absolute Gasteiger partial charge is 0.494 e. The third-order valence-electron chi connectivity index (χ3n) is 5.80. The van der Waals surface area contributed by atoms with Crippen molar-refractivity contribution in [2.45, 2.75) is 24.2 Å². The molecule has 4 aromatic rings. The van der Waals surface area contributed by atoms with E-state index in [-0.39, 0.29) is 28.7 Å². The lowest BCUT2D eigenvalue weighted by atomic mass is 9.91. The summed E-state index contributed by atoms with van der Waals surface area (Å²) in [5.41, 5.74) is 2.10. The van der Waals surface area contributed by atoms with Crippen LogP contribution in [0.5, 0.6) is 11.5 Å². The van der Waals surface area contributed by atoms with E-state index in [0.717, 1.165) is 16.6 Å². The molecule has 1 aliphatic rings. The number of hydrogen-bond acceptors (Lipinski definition) is 8. The molecule has 0 atom stereocenters. The molecule has 4 heterocycles. The van der Waals surface area contributed by atoms with Gasteiger partial charge in [-0.05, 0) is 30.3 Å². The number of pyridine rings is 3. The van der Waals surface area contributed by atoms with E-state index in [9.17, 15) is 13.2 Å². The number of carbonyl (C=O) groups is 1. The van der Waals surface area contributed by atoms with Crippen molar-refractivity contribution in [1.82, 2.24) is 19.7 Å². The molecule has 0 unspecified atom stereocenters. The van der Waals surface area contributed by atoms with Crippen LogP contribution in [0.25, 0.3) is 22.2 Å². The van der Waals surface area contributed by atoms with Gasteiger partial charge < -0.3 is 9.47 Å². The molecule has 0 saturated heterocycles. The Labute approximate surface area is 202 Å². The van der Waals surface area contributed by atoms with E-state index in [1.807, 2.05) is 44.2 Å². The predicted octanol–water partition coefficient (Wildman–Crippen LogP) is 3.49. The number of methoxy groups -OCH3 is 1. The van der Waals surface area contributed by atoms with Gasteiger partial charge in [-0.25, -0.2) is 18.1 Å². The fourth-order valence-electron chi connectivity index (χ4n) is 4.05. The van der Waals surface area contributed by atoms with Crippen LogP contribution in [-0.4, -0.2) is 43.0 Å². The van der Waals surface area contributed by atoms with Crippen molar-refractivity contribution >= 4 is 26.8 Å². The zero-order valence-corrected chi connectivity index (χ0v) is 20.1. The third kappa shape index (κ3) is 3.95. The van der Waals surface area contributed by atoms with Crippen LogP contribution in [0.1, 0.15) is 30.0 Å².